The first kappa shape index (κ1) is 19.7. The summed E-state index contributed by atoms with van der Waals surface area (Å²) in [6.07, 6.45) is 0. The van der Waals surface area contributed by atoms with Crippen LogP contribution in [0.15, 0.2) is 4.79 Å². The minimum absolute atomic E-state index is 0.247. The van der Waals surface area contributed by atoms with Crippen molar-refractivity contribution in [2.45, 2.75) is 33.3 Å². The molecule has 1 amide bonds. The lowest BCUT2D eigenvalue weighted by Crippen LogP contribution is -2.46. The molecule has 0 spiro atoms. The van der Waals surface area contributed by atoms with E-state index in [2.05, 4.69) is 15.4 Å². The molecule has 1 atom stereocenters. The van der Waals surface area contributed by atoms with E-state index in [1.807, 2.05) is 0 Å². The van der Waals surface area contributed by atoms with Crippen molar-refractivity contribution in [2.24, 2.45) is 7.05 Å². The molecule has 140 valence electrons. The molecule has 0 aliphatic rings. The Balaban J connectivity index is 2.38. The first-order valence-electron chi connectivity index (χ1n) is 7.72. The molecule has 2 heterocycles. The SMILES string of the molecule is Cc1nc(-c2c(C)c(C)nn(C)c2=O)sc1C(=O)NCC(C)(O)C(=O)O. The molecule has 2 aromatic rings. The van der Waals surface area contributed by atoms with Crippen LogP contribution in [0.25, 0.3) is 10.6 Å². The predicted molar refractivity (Wildman–Crippen MR) is 95.4 cm³/mol. The average molecular weight is 380 g/mol. The third-order valence-electron chi connectivity index (χ3n) is 4.00. The van der Waals surface area contributed by atoms with Crippen LogP contribution >= 0.6 is 11.3 Å². The highest BCUT2D eigenvalue weighted by Gasteiger charge is 2.31. The van der Waals surface area contributed by atoms with Crippen LogP contribution < -0.4 is 10.9 Å². The Kier molecular flexibility index (Phi) is 5.28. The lowest BCUT2D eigenvalue weighted by molar-refractivity contribution is -0.155. The minimum atomic E-state index is -2.08. The predicted octanol–water partition coefficient (Wildman–Crippen LogP) is 0.394. The van der Waals surface area contributed by atoms with Crippen LogP contribution in [0.2, 0.25) is 0 Å². The number of aliphatic hydroxyl groups is 1. The van der Waals surface area contributed by atoms with E-state index in [1.165, 1.54) is 4.68 Å². The van der Waals surface area contributed by atoms with Gasteiger partial charge in [0.1, 0.15) is 9.88 Å². The van der Waals surface area contributed by atoms with Gasteiger partial charge in [-0.1, -0.05) is 0 Å². The maximum atomic E-state index is 12.4. The third-order valence-corrected chi connectivity index (χ3v) is 5.17. The molecular formula is C16H20N4O5S. The van der Waals surface area contributed by atoms with Gasteiger partial charge >= 0.3 is 5.97 Å². The van der Waals surface area contributed by atoms with Gasteiger partial charge in [0.15, 0.2) is 5.60 Å². The Hall–Kier alpha value is -2.59. The van der Waals surface area contributed by atoms with Gasteiger partial charge in [0, 0.05) is 7.05 Å². The molecule has 0 aliphatic heterocycles. The van der Waals surface area contributed by atoms with Crippen molar-refractivity contribution in [2.75, 3.05) is 6.54 Å². The van der Waals surface area contributed by atoms with Crippen molar-refractivity contribution < 1.29 is 19.8 Å². The van der Waals surface area contributed by atoms with E-state index in [-0.39, 0.29) is 10.4 Å². The largest absolute Gasteiger partial charge is 0.479 e. The number of hydrogen-bond donors (Lipinski definition) is 3. The lowest BCUT2D eigenvalue weighted by Gasteiger charge is -2.17. The monoisotopic (exact) mass is 380 g/mol. The van der Waals surface area contributed by atoms with E-state index in [4.69, 9.17) is 5.11 Å². The molecule has 26 heavy (non-hydrogen) atoms. The molecular weight excluding hydrogens is 360 g/mol. The van der Waals surface area contributed by atoms with E-state index in [1.54, 1.807) is 27.8 Å². The number of carbonyl (C=O) groups excluding carboxylic acids is 1. The van der Waals surface area contributed by atoms with Crippen molar-refractivity contribution >= 4 is 23.2 Å². The summed E-state index contributed by atoms with van der Waals surface area (Å²) in [6, 6.07) is 0. The Morgan fingerprint density at radius 2 is 1.88 bits per heavy atom. The zero-order chi connectivity index (χ0) is 19.8. The summed E-state index contributed by atoms with van der Waals surface area (Å²) < 4.78 is 1.22. The summed E-state index contributed by atoms with van der Waals surface area (Å²) in [7, 11) is 1.54. The molecule has 9 nitrogen and oxygen atoms in total. The van der Waals surface area contributed by atoms with Crippen LogP contribution in [-0.4, -0.2) is 49.0 Å². The summed E-state index contributed by atoms with van der Waals surface area (Å²) in [5.41, 5.74) is -0.243. The molecule has 0 aromatic carbocycles. The van der Waals surface area contributed by atoms with Crippen LogP contribution in [0.4, 0.5) is 0 Å². The van der Waals surface area contributed by atoms with Crippen LogP contribution in [0, 0.1) is 20.8 Å². The summed E-state index contributed by atoms with van der Waals surface area (Å²) in [5.74, 6) is -2.00. The highest BCUT2D eigenvalue weighted by Crippen LogP contribution is 2.28. The van der Waals surface area contributed by atoms with Gasteiger partial charge in [-0.05, 0) is 33.3 Å². The van der Waals surface area contributed by atoms with Crippen molar-refractivity contribution in [3.05, 3.63) is 32.2 Å². The molecule has 0 bridgehead atoms. The lowest BCUT2D eigenvalue weighted by atomic mass is 10.1. The quantitative estimate of drug-likeness (QED) is 0.683. The molecule has 0 fully saturated rings. The second-order valence-corrected chi connectivity index (χ2v) is 7.21. The van der Waals surface area contributed by atoms with Crippen LogP contribution in [0.3, 0.4) is 0 Å². The fraction of sp³-hybridized carbons (Fsp3) is 0.438. The second kappa shape index (κ2) is 6.96. The third kappa shape index (κ3) is 3.65. The van der Waals surface area contributed by atoms with Gasteiger partial charge in [-0.2, -0.15) is 5.10 Å². The number of aliphatic carboxylic acids is 1. The maximum absolute atomic E-state index is 12.4. The molecule has 2 rings (SSSR count). The van der Waals surface area contributed by atoms with Crippen molar-refractivity contribution in [3.8, 4) is 10.6 Å². The maximum Gasteiger partial charge on any atom is 0.337 e. The summed E-state index contributed by atoms with van der Waals surface area (Å²) in [4.78, 5) is 40.3. The normalized spacial score (nSPS) is 13.3. The summed E-state index contributed by atoms with van der Waals surface area (Å²) in [6.45, 7) is 5.80. The van der Waals surface area contributed by atoms with E-state index in [0.717, 1.165) is 18.3 Å². The number of nitrogens with one attached hydrogen (secondary N) is 1. The average Bonchev–Trinajstić information content (AvgIpc) is 2.92. The molecule has 0 saturated heterocycles. The van der Waals surface area contributed by atoms with Gasteiger partial charge in [0.05, 0.1) is 23.5 Å². The summed E-state index contributed by atoms with van der Waals surface area (Å²) in [5, 5.41) is 25.5. The van der Waals surface area contributed by atoms with Crippen LogP contribution in [0.1, 0.15) is 33.5 Å². The number of aryl methyl sites for hydroxylation is 3. The zero-order valence-electron chi connectivity index (χ0n) is 15.1. The first-order chi connectivity index (χ1) is 12.0. The Morgan fingerprint density at radius 1 is 1.27 bits per heavy atom. The Bertz CT molecular complexity index is 945. The van der Waals surface area contributed by atoms with Gasteiger partial charge in [-0.3, -0.25) is 9.59 Å². The van der Waals surface area contributed by atoms with E-state index >= 15 is 0 Å². The molecule has 3 N–H and O–H groups in total. The molecule has 1 unspecified atom stereocenters. The molecule has 10 heteroatoms. The number of carboxylic acids is 1. The zero-order valence-corrected chi connectivity index (χ0v) is 15.9. The molecule has 0 saturated carbocycles. The second-order valence-electron chi connectivity index (χ2n) is 6.21. The Labute approximate surface area is 153 Å². The molecule has 2 aromatic heterocycles. The van der Waals surface area contributed by atoms with Gasteiger partial charge in [-0.15, -0.1) is 11.3 Å². The number of thiazole rings is 1. The number of carboxylic acid groups (broad SMARTS) is 1. The number of rotatable bonds is 5. The Morgan fingerprint density at radius 3 is 2.46 bits per heavy atom. The number of carbonyl (C=O) groups is 2. The van der Waals surface area contributed by atoms with Crippen LogP contribution in [0.5, 0.6) is 0 Å². The van der Waals surface area contributed by atoms with E-state index in [9.17, 15) is 19.5 Å². The first-order valence-corrected chi connectivity index (χ1v) is 8.53. The standard InChI is InChI=1S/C16H20N4O5S/c1-7-8(2)19-20(5)14(22)10(7)13-18-9(3)11(26-13)12(21)17-6-16(4,25)15(23)24/h25H,6H2,1-5H3,(H,17,21)(H,23,24). The van der Waals surface area contributed by atoms with Gasteiger partial charge in [-0.25, -0.2) is 14.5 Å². The smallest absolute Gasteiger partial charge is 0.337 e. The fourth-order valence-corrected chi connectivity index (χ4v) is 3.30. The number of aromatic nitrogens is 3. The van der Waals surface area contributed by atoms with Crippen LogP contribution in [-0.2, 0) is 11.8 Å². The van der Waals surface area contributed by atoms with Crippen molar-refractivity contribution in [1.82, 2.24) is 20.1 Å². The molecule has 0 radical (unpaired) electrons. The van der Waals surface area contributed by atoms with E-state index in [0.29, 0.717) is 27.5 Å². The highest BCUT2D eigenvalue weighted by atomic mass is 32.1. The highest BCUT2D eigenvalue weighted by molar-refractivity contribution is 7.17. The minimum Gasteiger partial charge on any atom is -0.479 e. The summed E-state index contributed by atoms with van der Waals surface area (Å²) >= 11 is 1.03. The van der Waals surface area contributed by atoms with Gasteiger partial charge in [0.2, 0.25) is 0 Å². The fourth-order valence-electron chi connectivity index (χ4n) is 2.22. The number of hydrogen-bond acceptors (Lipinski definition) is 7. The molecule has 0 aliphatic carbocycles. The van der Waals surface area contributed by atoms with E-state index < -0.39 is 24.0 Å². The number of nitrogens with zero attached hydrogens (tertiary/aromatic N) is 3. The topological polar surface area (TPSA) is 134 Å². The number of amides is 1. The van der Waals surface area contributed by atoms with Gasteiger partial charge < -0.3 is 15.5 Å². The van der Waals surface area contributed by atoms with Gasteiger partial charge in [0.25, 0.3) is 11.5 Å². The van der Waals surface area contributed by atoms with Crippen molar-refractivity contribution in [3.63, 3.8) is 0 Å². The van der Waals surface area contributed by atoms with Crippen molar-refractivity contribution in [1.29, 1.82) is 0 Å².